The molecule has 1 amide bonds. The molecule has 0 atom stereocenters. The van der Waals surface area contributed by atoms with E-state index in [0.717, 1.165) is 18.8 Å². The zero-order valence-corrected chi connectivity index (χ0v) is 11.4. The largest absolute Gasteiger partial charge is 0.397 e. The van der Waals surface area contributed by atoms with Crippen LogP contribution >= 0.6 is 0 Å². The SMILES string of the molecule is CN(CCN1CCCC1)c1ccc(C(N)=O)cc1N. The van der Waals surface area contributed by atoms with Gasteiger partial charge in [-0.15, -0.1) is 0 Å². The van der Waals surface area contributed by atoms with Crippen LogP contribution in [0.5, 0.6) is 0 Å². The summed E-state index contributed by atoms with van der Waals surface area (Å²) in [4.78, 5) is 15.7. The molecule has 19 heavy (non-hydrogen) atoms. The Kier molecular flexibility index (Phi) is 4.27. The molecule has 0 saturated carbocycles. The molecule has 0 bridgehead atoms. The summed E-state index contributed by atoms with van der Waals surface area (Å²) in [6.07, 6.45) is 2.61. The first-order valence-electron chi connectivity index (χ1n) is 6.71. The number of likely N-dealkylation sites (tertiary alicyclic amines) is 1. The van der Waals surface area contributed by atoms with Crippen LogP contribution in [0.4, 0.5) is 11.4 Å². The Hall–Kier alpha value is -1.75. The number of nitrogens with zero attached hydrogens (tertiary/aromatic N) is 2. The quantitative estimate of drug-likeness (QED) is 0.773. The highest BCUT2D eigenvalue weighted by molar-refractivity contribution is 5.94. The van der Waals surface area contributed by atoms with Gasteiger partial charge in [-0.25, -0.2) is 0 Å². The van der Waals surface area contributed by atoms with E-state index in [4.69, 9.17) is 11.5 Å². The van der Waals surface area contributed by atoms with E-state index in [9.17, 15) is 4.79 Å². The molecule has 1 aromatic rings. The van der Waals surface area contributed by atoms with Gasteiger partial charge in [0.15, 0.2) is 0 Å². The Balaban J connectivity index is 1.98. The van der Waals surface area contributed by atoms with Crippen molar-refractivity contribution in [3.63, 3.8) is 0 Å². The second kappa shape index (κ2) is 5.93. The van der Waals surface area contributed by atoms with Gasteiger partial charge >= 0.3 is 0 Å². The first-order chi connectivity index (χ1) is 9.08. The maximum absolute atomic E-state index is 11.1. The van der Waals surface area contributed by atoms with Crippen LogP contribution in [0, 0.1) is 0 Å². The maximum Gasteiger partial charge on any atom is 0.248 e. The average molecular weight is 262 g/mol. The lowest BCUT2D eigenvalue weighted by molar-refractivity contribution is 0.100. The molecule has 0 unspecified atom stereocenters. The number of primary amides is 1. The lowest BCUT2D eigenvalue weighted by Gasteiger charge is -2.24. The minimum atomic E-state index is -0.446. The molecule has 1 heterocycles. The summed E-state index contributed by atoms with van der Waals surface area (Å²) >= 11 is 0. The molecule has 104 valence electrons. The van der Waals surface area contributed by atoms with E-state index < -0.39 is 5.91 Å². The highest BCUT2D eigenvalue weighted by Gasteiger charge is 2.13. The number of hydrogen-bond donors (Lipinski definition) is 2. The van der Waals surface area contributed by atoms with Crippen molar-refractivity contribution >= 4 is 17.3 Å². The van der Waals surface area contributed by atoms with Crippen molar-refractivity contribution in [2.45, 2.75) is 12.8 Å². The molecule has 1 aromatic carbocycles. The van der Waals surface area contributed by atoms with Crippen molar-refractivity contribution in [2.75, 3.05) is 43.9 Å². The van der Waals surface area contributed by atoms with Gasteiger partial charge in [0.1, 0.15) is 0 Å². The van der Waals surface area contributed by atoms with Gasteiger partial charge in [0, 0.05) is 25.7 Å². The monoisotopic (exact) mass is 262 g/mol. The highest BCUT2D eigenvalue weighted by atomic mass is 16.1. The van der Waals surface area contributed by atoms with Crippen LogP contribution in [0.3, 0.4) is 0 Å². The second-order valence-corrected chi connectivity index (χ2v) is 5.11. The van der Waals surface area contributed by atoms with Gasteiger partial charge in [-0.05, 0) is 44.1 Å². The van der Waals surface area contributed by atoms with Crippen LogP contribution in [0.25, 0.3) is 0 Å². The molecule has 4 N–H and O–H groups in total. The average Bonchev–Trinajstić information content (AvgIpc) is 2.88. The van der Waals surface area contributed by atoms with Crippen LogP contribution in [-0.4, -0.2) is 44.0 Å². The van der Waals surface area contributed by atoms with Gasteiger partial charge in [0.05, 0.1) is 11.4 Å². The normalized spacial score (nSPS) is 15.6. The van der Waals surface area contributed by atoms with E-state index in [1.807, 2.05) is 13.1 Å². The van der Waals surface area contributed by atoms with E-state index in [1.54, 1.807) is 12.1 Å². The summed E-state index contributed by atoms with van der Waals surface area (Å²) in [7, 11) is 2.02. The number of nitrogens with two attached hydrogens (primary N) is 2. The standard InChI is InChI=1S/C14H22N4O/c1-17(8-9-18-6-2-3-7-18)13-5-4-11(14(16)19)10-12(13)15/h4-5,10H,2-3,6-9,15H2,1H3,(H2,16,19). The molecule has 1 fully saturated rings. The van der Waals surface area contributed by atoms with E-state index in [-0.39, 0.29) is 0 Å². The Morgan fingerprint density at radius 1 is 1.37 bits per heavy atom. The van der Waals surface area contributed by atoms with Crippen LogP contribution in [0.15, 0.2) is 18.2 Å². The molecular weight excluding hydrogens is 240 g/mol. The molecule has 5 heteroatoms. The number of amides is 1. The first-order valence-corrected chi connectivity index (χ1v) is 6.71. The van der Waals surface area contributed by atoms with E-state index in [2.05, 4.69) is 9.80 Å². The van der Waals surface area contributed by atoms with Crippen LogP contribution in [-0.2, 0) is 0 Å². The minimum Gasteiger partial charge on any atom is -0.397 e. The Labute approximate surface area is 114 Å². The van der Waals surface area contributed by atoms with E-state index in [0.29, 0.717) is 11.3 Å². The number of hydrogen-bond acceptors (Lipinski definition) is 4. The van der Waals surface area contributed by atoms with Crippen molar-refractivity contribution < 1.29 is 4.79 Å². The molecule has 1 aliphatic rings. The second-order valence-electron chi connectivity index (χ2n) is 5.11. The van der Waals surface area contributed by atoms with Gasteiger partial charge < -0.3 is 21.3 Å². The van der Waals surface area contributed by atoms with Gasteiger partial charge in [0.25, 0.3) is 0 Å². The molecule has 1 aliphatic heterocycles. The summed E-state index contributed by atoms with van der Waals surface area (Å²) in [5, 5.41) is 0. The van der Waals surface area contributed by atoms with Crippen molar-refractivity contribution in [3.8, 4) is 0 Å². The number of nitrogen functional groups attached to an aromatic ring is 1. The van der Waals surface area contributed by atoms with E-state index in [1.165, 1.54) is 25.9 Å². The third-order valence-electron chi connectivity index (χ3n) is 3.67. The van der Waals surface area contributed by atoms with Gasteiger partial charge in [0.2, 0.25) is 5.91 Å². The number of benzene rings is 1. The van der Waals surface area contributed by atoms with E-state index >= 15 is 0 Å². The molecule has 0 radical (unpaired) electrons. The van der Waals surface area contributed by atoms with Crippen molar-refractivity contribution in [1.29, 1.82) is 0 Å². The summed E-state index contributed by atoms with van der Waals surface area (Å²) in [5.74, 6) is -0.446. The summed E-state index contributed by atoms with van der Waals surface area (Å²) < 4.78 is 0. The number of carbonyl (C=O) groups excluding carboxylic acids is 1. The molecule has 0 spiro atoms. The number of rotatable bonds is 5. The van der Waals surface area contributed by atoms with Crippen LogP contribution in [0.1, 0.15) is 23.2 Å². The molecule has 0 aromatic heterocycles. The fraction of sp³-hybridized carbons (Fsp3) is 0.500. The van der Waals surface area contributed by atoms with Crippen molar-refractivity contribution in [3.05, 3.63) is 23.8 Å². The molecule has 5 nitrogen and oxygen atoms in total. The van der Waals surface area contributed by atoms with Gasteiger partial charge in [-0.2, -0.15) is 0 Å². The highest BCUT2D eigenvalue weighted by Crippen LogP contribution is 2.23. The van der Waals surface area contributed by atoms with Crippen LogP contribution < -0.4 is 16.4 Å². The number of carbonyl (C=O) groups is 1. The summed E-state index contributed by atoms with van der Waals surface area (Å²) in [6, 6.07) is 5.23. The molecular formula is C14H22N4O. The molecule has 2 rings (SSSR count). The Morgan fingerprint density at radius 3 is 2.63 bits per heavy atom. The predicted octanol–water partition coefficient (Wildman–Crippen LogP) is 0.900. The maximum atomic E-state index is 11.1. The molecule has 1 saturated heterocycles. The number of likely N-dealkylation sites (N-methyl/N-ethyl adjacent to an activating group) is 1. The first kappa shape index (κ1) is 13.7. The third-order valence-corrected chi connectivity index (χ3v) is 3.67. The number of anilines is 2. The molecule has 0 aliphatic carbocycles. The topological polar surface area (TPSA) is 75.6 Å². The fourth-order valence-electron chi connectivity index (χ4n) is 2.47. The fourth-order valence-corrected chi connectivity index (χ4v) is 2.47. The lowest BCUT2D eigenvalue weighted by Crippen LogP contribution is -2.31. The zero-order chi connectivity index (χ0) is 13.8. The van der Waals surface area contributed by atoms with Gasteiger partial charge in [-0.1, -0.05) is 0 Å². The van der Waals surface area contributed by atoms with Crippen molar-refractivity contribution in [1.82, 2.24) is 4.90 Å². The minimum absolute atomic E-state index is 0.446. The van der Waals surface area contributed by atoms with Crippen LogP contribution in [0.2, 0.25) is 0 Å². The summed E-state index contributed by atoms with van der Waals surface area (Å²) in [5.41, 5.74) is 13.2. The lowest BCUT2D eigenvalue weighted by atomic mass is 10.1. The predicted molar refractivity (Wildman–Crippen MR) is 78.3 cm³/mol. The smallest absolute Gasteiger partial charge is 0.248 e. The third kappa shape index (κ3) is 3.38. The zero-order valence-electron chi connectivity index (χ0n) is 11.4. The summed E-state index contributed by atoms with van der Waals surface area (Å²) in [6.45, 7) is 4.38. The Morgan fingerprint density at radius 2 is 2.05 bits per heavy atom. The van der Waals surface area contributed by atoms with Gasteiger partial charge in [-0.3, -0.25) is 4.79 Å². The van der Waals surface area contributed by atoms with Crippen molar-refractivity contribution in [2.24, 2.45) is 5.73 Å². The Bertz CT molecular complexity index is 455.